The highest BCUT2D eigenvalue weighted by Crippen LogP contribution is 2.55. The van der Waals surface area contributed by atoms with Crippen LogP contribution in [0.4, 0.5) is 0 Å². The second kappa shape index (κ2) is 17.9. The fraction of sp³-hybridized carbons (Fsp3) is 0.0952. The molecule has 0 atom stereocenters. The van der Waals surface area contributed by atoms with Crippen molar-refractivity contribution in [1.29, 1.82) is 0 Å². The lowest BCUT2D eigenvalue weighted by molar-refractivity contribution is -0.345. The zero-order valence-electron chi connectivity index (χ0n) is 27.3. The molecule has 0 aliphatic heterocycles. The molecule has 6 rings (SSSR count). The lowest BCUT2D eigenvalue weighted by Crippen LogP contribution is -2.42. The van der Waals surface area contributed by atoms with Crippen molar-refractivity contribution in [3.63, 3.8) is 0 Å². The first-order valence-corrected chi connectivity index (χ1v) is 19.9. The highest BCUT2D eigenvalue weighted by atomic mass is 31.2. The van der Waals surface area contributed by atoms with Crippen molar-refractivity contribution in [2.24, 2.45) is 0 Å². The van der Waals surface area contributed by atoms with Gasteiger partial charge in [0.2, 0.25) is 0 Å². The Labute approximate surface area is 285 Å². The molecule has 6 heteroatoms. The van der Waals surface area contributed by atoms with Crippen LogP contribution < -0.4 is 42.0 Å². The molecular formula is C42H40O4P2. The summed E-state index contributed by atoms with van der Waals surface area (Å²) in [6.45, 7) is 4.64. The van der Waals surface area contributed by atoms with Crippen molar-refractivity contribution in [3.8, 4) is 0 Å². The minimum absolute atomic E-state index is 1.14. The molecule has 48 heavy (non-hydrogen) atoms. The van der Waals surface area contributed by atoms with Crippen LogP contribution in [-0.4, -0.2) is 24.3 Å². The molecule has 242 valence electrons. The summed E-state index contributed by atoms with van der Waals surface area (Å²) in [4.78, 5) is 17.9. The van der Waals surface area contributed by atoms with Crippen LogP contribution in [-0.2, 0) is 9.59 Å². The van der Waals surface area contributed by atoms with Crippen molar-refractivity contribution in [1.82, 2.24) is 0 Å². The lowest BCUT2D eigenvalue weighted by atomic mass is 10.4. The maximum Gasteiger partial charge on any atom is 0.111 e. The average molecular weight is 671 g/mol. The van der Waals surface area contributed by atoms with E-state index in [0.29, 0.717) is 0 Å². The van der Waals surface area contributed by atoms with Crippen LogP contribution in [0.25, 0.3) is 0 Å². The molecule has 6 aromatic carbocycles. The molecule has 0 saturated carbocycles. The fourth-order valence-corrected chi connectivity index (χ4v) is 14.2. The van der Waals surface area contributed by atoms with Gasteiger partial charge in [-0.25, -0.2) is 0 Å². The molecule has 0 unspecified atom stereocenters. The first-order valence-electron chi connectivity index (χ1n) is 15.9. The molecule has 6 aromatic rings. The maximum atomic E-state index is 8.93. The van der Waals surface area contributed by atoms with E-state index < -0.39 is 26.5 Å². The molecule has 0 aliphatic carbocycles. The van der Waals surface area contributed by atoms with Gasteiger partial charge in [0.25, 0.3) is 0 Å². The van der Waals surface area contributed by atoms with Gasteiger partial charge in [-0.15, -0.1) is 0 Å². The SMILES string of the molecule is CC[P+](c1ccccc1)(c1ccccc1)c1ccccc1.CC[P+](c1ccccc1)(c1ccccc1)c1ccccc1.O=C([O-])C(=O)[O-]. The van der Waals surface area contributed by atoms with E-state index in [1.54, 1.807) is 0 Å². The van der Waals surface area contributed by atoms with Crippen molar-refractivity contribution < 1.29 is 19.8 Å². The summed E-state index contributed by atoms with van der Waals surface area (Å²) < 4.78 is 0. The number of carbonyl (C=O) groups is 2. The second-order valence-corrected chi connectivity index (χ2v) is 18.4. The lowest BCUT2D eigenvalue weighted by Gasteiger charge is -2.26. The minimum Gasteiger partial charge on any atom is -0.543 e. The van der Waals surface area contributed by atoms with Gasteiger partial charge in [0, 0.05) is 0 Å². The maximum absolute atomic E-state index is 8.93. The summed E-state index contributed by atoms with van der Waals surface area (Å²) in [5.41, 5.74) is 0. The van der Waals surface area contributed by atoms with E-state index in [2.05, 4.69) is 196 Å². The van der Waals surface area contributed by atoms with E-state index in [1.807, 2.05) is 0 Å². The van der Waals surface area contributed by atoms with E-state index in [1.165, 1.54) is 31.8 Å². The fourth-order valence-electron chi connectivity index (χ4n) is 6.08. The average Bonchev–Trinajstić information content (AvgIpc) is 3.16. The highest BCUT2D eigenvalue weighted by molar-refractivity contribution is 7.96. The van der Waals surface area contributed by atoms with Gasteiger partial charge in [-0.3, -0.25) is 0 Å². The first-order chi connectivity index (χ1) is 23.4. The van der Waals surface area contributed by atoms with Crippen molar-refractivity contribution >= 4 is 58.3 Å². The van der Waals surface area contributed by atoms with E-state index >= 15 is 0 Å². The Morgan fingerprint density at radius 2 is 0.500 bits per heavy atom. The van der Waals surface area contributed by atoms with Crippen LogP contribution in [0, 0.1) is 0 Å². The summed E-state index contributed by atoms with van der Waals surface area (Å²) in [5.74, 6) is -4.37. The van der Waals surface area contributed by atoms with Gasteiger partial charge in [-0.05, 0) is 86.6 Å². The predicted molar refractivity (Wildman–Crippen MR) is 201 cm³/mol. The van der Waals surface area contributed by atoms with E-state index in [0.717, 1.165) is 12.3 Å². The standard InChI is InChI=1S/2C20H20P.C2H2O4/c2*1-2-21(18-12-6-3-7-13-18,19-14-8-4-9-15-19)20-16-10-5-11-17-20;3-1(4)2(5)6/h2*3-17H,2H2,1H3;(H,3,4)(H,5,6)/q2*+1;/p-2. The molecule has 0 bridgehead atoms. The summed E-state index contributed by atoms with van der Waals surface area (Å²) >= 11 is 0. The molecular weight excluding hydrogens is 630 g/mol. The van der Waals surface area contributed by atoms with Crippen LogP contribution in [0.15, 0.2) is 182 Å². The van der Waals surface area contributed by atoms with Gasteiger partial charge in [0.1, 0.15) is 46.4 Å². The number of hydrogen-bond acceptors (Lipinski definition) is 4. The van der Waals surface area contributed by atoms with Crippen molar-refractivity contribution in [2.75, 3.05) is 12.3 Å². The Hall–Kier alpha value is -4.88. The summed E-state index contributed by atoms with van der Waals surface area (Å²) in [6.07, 6.45) is 2.29. The number of hydrogen-bond donors (Lipinski definition) is 0. The van der Waals surface area contributed by atoms with Crippen molar-refractivity contribution in [2.45, 2.75) is 13.8 Å². The van der Waals surface area contributed by atoms with Gasteiger partial charge in [0.05, 0.1) is 24.3 Å². The molecule has 0 radical (unpaired) electrons. The number of carboxylic acids is 2. The van der Waals surface area contributed by atoms with Gasteiger partial charge in [0.15, 0.2) is 0 Å². The van der Waals surface area contributed by atoms with Crippen LogP contribution in [0.1, 0.15) is 13.8 Å². The van der Waals surface area contributed by atoms with Crippen LogP contribution >= 0.6 is 14.5 Å². The number of aliphatic carboxylic acids is 2. The minimum atomic E-state index is -2.19. The topological polar surface area (TPSA) is 80.3 Å². The molecule has 0 aromatic heterocycles. The summed E-state index contributed by atoms with van der Waals surface area (Å²) in [5, 5.41) is 26.6. The van der Waals surface area contributed by atoms with Gasteiger partial charge in [-0.2, -0.15) is 0 Å². The number of benzene rings is 6. The third-order valence-corrected chi connectivity index (χ3v) is 17.3. The van der Waals surface area contributed by atoms with Crippen LogP contribution in [0.2, 0.25) is 0 Å². The van der Waals surface area contributed by atoms with Gasteiger partial charge < -0.3 is 19.8 Å². The predicted octanol–water partition coefficient (Wildman–Crippen LogP) is 4.49. The van der Waals surface area contributed by atoms with Gasteiger partial charge in [-0.1, -0.05) is 109 Å². The summed E-state index contributed by atoms with van der Waals surface area (Å²) in [6, 6.07) is 66.0. The van der Waals surface area contributed by atoms with Crippen LogP contribution in [0.5, 0.6) is 0 Å². The Balaban J connectivity index is 0.000000186. The third kappa shape index (κ3) is 8.33. The molecule has 0 N–H and O–H groups in total. The zero-order chi connectivity index (χ0) is 34.2. The third-order valence-electron chi connectivity index (χ3n) is 8.30. The van der Waals surface area contributed by atoms with E-state index in [9.17, 15) is 0 Å². The van der Waals surface area contributed by atoms with E-state index in [4.69, 9.17) is 19.8 Å². The monoisotopic (exact) mass is 670 g/mol. The first kappa shape index (κ1) is 36.0. The molecule has 0 saturated heterocycles. The molecule has 0 amide bonds. The number of carbonyl (C=O) groups excluding carboxylic acids is 2. The summed E-state index contributed by atoms with van der Waals surface area (Å²) in [7, 11) is -3.07. The Kier molecular flexibility index (Phi) is 13.4. The van der Waals surface area contributed by atoms with E-state index in [-0.39, 0.29) is 0 Å². The normalized spacial score (nSPS) is 10.8. The number of rotatable bonds is 8. The molecule has 4 nitrogen and oxygen atoms in total. The second-order valence-electron chi connectivity index (χ2n) is 10.8. The zero-order valence-corrected chi connectivity index (χ0v) is 29.1. The molecule has 0 aliphatic rings. The Bertz CT molecular complexity index is 1490. The highest BCUT2D eigenvalue weighted by Gasteiger charge is 2.44. The molecule has 0 fully saturated rings. The Morgan fingerprint density at radius 1 is 0.354 bits per heavy atom. The van der Waals surface area contributed by atoms with Crippen LogP contribution in [0.3, 0.4) is 0 Å². The largest absolute Gasteiger partial charge is 0.543 e. The van der Waals surface area contributed by atoms with Crippen molar-refractivity contribution in [3.05, 3.63) is 182 Å². The van der Waals surface area contributed by atoms with Gasteiger partial charge >= 0.3 is 0 Å². The number of carboxylic acid groups (broad SMARTS) is 2. The smallest absolute Gasteiger partial charge is 0.111 e. The molecule has 0 spiro atoms. The molecule has 0 heterocycles. The Morgan fingerprint density at radius 3 is 0.604 bits per heavy atom. The quantitative estimate of drug-likeness (QED) is 0.177.